The molecule has 2 N–H and O–H groups in total. The van der Waals surface area contributed by atoms with Crippen molar-refractivity contribution in [2.45, 2.75) is 97.2 Å². The van der Waals surface area contributed by atoms with Crippen LogP contribution in [0.1, 0.15) is 85.0 Å². The molecule has 0 aromatic rings. The van der Waals surface area contributed by atoms with Gasteiger partial charge in [-0.05, 0) is 111 Å². The molecule has 0 heterocycles. The topological polar surface area (TPSA) is 80.6 Å². The molecule has 4 nitrogen and oxygen atoms in total. The normalized spacial score (nSPS) is 49.9. The number of carboxylic acid groups (broad SMARTS) is 1. The number of carboxylic acids is 1. The second-order valence-corrected chi connectivity index (χ2v) is 11.3. The molecule has 170 valence electrons. The molecule has 4 fully saturated rings. The number of aliphatic carboxylic acids is 1. The van der Waals surface area contributed by atoms with Gasteiger partial charge in [-0.3, -0.25) is 0 Å². The van der Waals surface area contributed by atoms with Crippen LogP contribution in [0, 0.1) is 46.3 Å². The maximum atomic E-state index is 11.5. The van der Waals surface area contributed by atoms with Crippen LogP contribution in [0.5, 0.6) is 0 Å². The Bertz CT molecular complexity index is 612. The molecule has 0 aromatic heterocycles. The van der Waals surface area contributed by atoms with Crippen LogP contribution in [-0.2, 0) is 27.2 Å². The summed E-state index contributed by atoms with van der Waals surface area (Å²) in [5.74, 6) is 2.19. The third-order valence-electron chi connectivity index (χ3n) is 10.3. The first-order valence-corrected chi connectivity index (χ1v) is 11.7. The van der Waals surface area contributed by atoms with Gasteiger partial charge in [0.2, 0.25) is 0 Å². The summed E-state index contributed by atoms with van der Waals surface area (Å²) in [4.78, 5) is 10.9. The van der Waals surface area contributed by atoms with E-state index in [0.717, 1.165) is 32.1 Å². The average Bonchev–Trinajstić information content (AvgIpc) is 3.00. The van der Waals surface area contributed by atoms with Crippen LogP contribution in [0.15, 0.2) is 0 Å². The van der Waals surface area contributed by atoms with Crippen molar-refractivity contribution >= 4 is 5.97 Å². The smallest absolute Gasteiger partial charge is 0.550 e. The van der Waals surface area contributed by atoms with E-state index in [1.807, 2.05) is 0 Å². The number of fused-ring (bicyclic) bond motifs is 5. The van der Waals surface area contributed by atoms with Gasteiger partial charge in [-0.15, -0.1) is 0 Å². The van der Waals surface area contributed by atoms with Crippen molar-refractivity contribution in [2.75, 3.05) is 0 Å². The van der Waals surface area contributed by atoms with E-state index in [1.165, 1.54) is 19.3 Å². The van der Waals surface area contributed by atoms with Gasteiger partial charge in [-0.2, -0.15) is 0 Å². The van der Waals surface area contributed by atoms with E-state index in [4.69, 9.17) is 0 Å². The molecule has 5 heteroatoms. The van der Waals surface area contributed by atoms with Crippen LogP contribution in [-0.4, -0.2) is 28.4 Å². The monoisotopic (exact) mass is 498 g/mol. The van der Waals surface area contributed by atoms with E-state index in [0.29, 0.717) is 41.9 Å². The van der Waals surface area contributed by atoms with Crippen LogP contribution < -0.4 is 5.11 Å². The van der Waals surface area contributed by atoms with Crippen LogP contribution in [0.25, 0.3) is 0 Å². The predicted octanol–water partition coefficient (Wildman–Crippen LogP) is 3.14. The summed E-state index contributed by atoms with van der Waals surface area (Å²) in [7, 11) is 0. The number of aliphatic hydroxyl groups is 2. The third-order valence-corrected chi connectivity index (χ3v) is 10.3. The zero-order valence-electron chi connectivity index (χ0n) is 18.2. The van der Waals surface area contributed by atoms with Gasteiger partial charge in [-0.25, -0.2) is 0 Å². The maximum absolute atomic E-state index is 11.5. The molecular formula is C24H39AgO4. The van der Waals surface area contributed by atoms with Gasteiger partial charge in [0.05, 0.1) is 12.2 Å². The quantitative estimate of drug-likeness (QED) is 0.583. The van der Waals surface area contributed by atoms with E-state index in [1.54, 1.807) is 0 Å². The van der Waals surface area contributed by atoms with Gasteiger partial charge in [0, 0.05) is 5.97 Å². The molecule has 4 aliphatic rings. The summed E-state index contributed by atoms with van der Waals surface area (Å²) in [5, 5.41) is 32.6. The van der Waals surface area contributed by atoms with E-state index >= 15 is 0 Å². The third kappa shape index (κ3) is 3.80. The molecule has 4 rings (SSSR count). The van der Waals surface area contributed by atoms with Crippen molar-refractivity contribution < 1.29 is 42.5 Å². The van der Waals surface area contributed by atoms with Crippen molar-refractivity contribution in [3.63, 3.8) is 0 Å². The molecule has 10 atom stereocenters. The van der Waals surface area contributed by atoms with Crippen LogP contribution in [0.3, 0.4) is 0 Å². The van der Waals surface area contributed by atoms with Crippen molar-refractivity contribution in [3.8, 4) is 0 Å². The van der Waals surface area contributed by atoms with E-state index in [-0.39, 0.29) is 51.8 Å². The zero-order valence-corrected chi connectivity index (χ0v) is 19.7. The van der Waals surface area contributed by atoms with Gasteiger partial charge < -0.3 is 20.1 Å². The molecule has 0 saturated heterocycles. The molecule has 4 saturated carbocycles. The van der Waals surface area contributed by atoms with Gasteiger partial charge in [-0.1, -0.05) is 20.8 Å². The molecule has 4 aliphatic carbocycles. The average molecular weight is 499 g/mol. The fraction of sp³-hybridized carbons (Fsp3) is 0.958. The largest absolute Gasteiger partial charge is 1.00 e. The minimum Gasteiger partial charge on any atom is -0.550 e. The molecule has 0 aromatic carbocycles. The van der Waals surface area contributed by atoms with E-state index in [9.17, 15) is 20.1 Å². The molecule has 3 unspecified atom stereocenters. The Labute approximate surface area is 191 Å². The minimum atomic E-state index is -0.957. The molecule has 0 radical (unpaired) electrons. The summed E-state index contributed by atoms with van der Waals surface area (Å²) in [6.07, 6.45) is 8.98. The van der Waals surface area contributed by atoms with Gasteiger partial charge in [0.1, 0.15) is 0 Å². The SMILES string of the molecule is C[C@H](CCC(=O)[O-])[C@H]1CCC2C3CC[C@@H]4C[C@H](O)CC[C@]4(C)C3C[C@H](O)[C@@]21C.[Ag+]. The molecular weight excluding hydrogens is 460 g/mol. The Morgan fingerprint density at radius 2 is 1.79 bits per heavy atom. The van der Waals surface area contributed by atoms with Gasteiger partial charge in [0.25, 0.3) is 0 Å². The molecule has 0 aliphatic heterocycles. The minimum absolute atomic E-state index is 0. The second-order valence-electron chi connectivity index (χ2n) is 11.3. The van der Waals surface area contributed by atoms with Gasteiger partial charge in [0.15, 0.2) is 0 Å². The van der Waals surface area contributed by atoms with Crippen molar-refractivity contribution in [1.82, 2.24) is 0 Å². The number of aliphatic hydroxyl groups excluding tert-OH is 2. The Kier molecular flexibility index (Phi) is 7.04. The molecule has 0 amide bonds. The van der Waals surface area contributed by atoms with E-state index in [2.05, 4.69) is 20.8 Å². The Morgan fingerprint density at radius 1 is 1.07 bits per heavy atom. The summed E-state index contributed by atoms with van der Waals surface area (Å²) >= 11 is 0. The Hall–Kier alpha value is 0.130. The summed E-state index contributed by atoms with van der Waals surface area (Å²) in [6, 6.07) is 0. The zero-order chi connectivity index (χ0) is 20.3. The molecule has 0 spiro atoms. The van der Waals surface area contributed by atoms with Crippen LogP contribution in [0.2, 0.25) is 0 Å². The number of hydrogen-bond donors (Lipinski definition) is 2. The first kappa shape index (κ1) is 23.8. The Balaban J connectivity index is 0.00000240. The van der Waals surface area contributed by atoms with E-state index < -0.39 is 5.97 Å². The van der Waals surface area contributed by atoms with Crippen molar-refractivity contribution in [2.24, 2.45) is 46.3 Å². The second kappa shape index (κ2) is 8.58. The number of hydrogen-bond acceptors (Lipinski definition) is 4. The maximum Gasteiger partial charge on any atom is 1.00 e. The fourth-order valence-corrected chi connectivity index (χ4v) is 8.71. The summed E-state index contributed by atoms with van der Waals surface area (Å²) in [6.45, 7) is 6.94. The van der Waals surface area contributed by atoms with Crippen LogP contribution in [0.4, 0.5) is 0 Å². The predicted molar refractivity (Wildman–Crippen MR) is 106 cm³/mol. The first-order valence-electron chi connectivity index (χ1n) is 11.7. The standard InChI is InChI=1S/C24H40O4.Ag/c1-14(4-9-22(27)28)18-7-8-19-17-6-5-15-12-16(25)10-11-23(15,2)20(17)13-21(26)24(18,19)3;/h14-21,25-26H,4-13H2,1-3H3,(H,27,28);/q;+1/p-1/t14-,15-,16-,17?,18-,19?,20?,21+,23+,24-;/m1./s1. The first-order chi connectivity index (χ1) is 13.2. The molecule has 0 bridgehead atoms. The van der Waals surface area contributed by atoms with Crippen molar-refractivity contribution in [1.29, 1.82) is 0 Å². The number of carbonyl (C=O) groups is 1. The fourth-order valence-electron chi connectivity index (χ4n) is 8.71. The van der Waals surface area contributed by atoms with Crippen molar-refractivity contribution in [3.05, 3.63) is 0 Å². The van der Waals surface area contributed by atoms with Crippen LogP contribution >= 0.6 is 0 Å². The summed E-state index contributed by atoms with van der Waals surface area (Å²) < 4.78 is 0. The Morgan fingerprint density at radius 3 is 2.48 bits per heavy atom. The number of rotatable bonds is 4. The molecule has 29 heavy (non-hydrogen) atoms. The number of carbonyl (C=O) groups excluding carboxylic acids is 1. The van der Waals surface area contributed by atoms with Gasteiger partial charge >= 0.3 is 22.4 Å². The summed E-state index contributed by atoms with van der Waals surface area (Å²) in [5.41, 5.74) is 0.188.